The van der Waals surface area contributed by atoms with Gasteiger partial charge in [0.25, 0.3) is 5.91 Å². The lowest BCUT2D eigenvalue weighted by molar-refractivity contribution is -0.119. The summed E-state index contributed by atoms with van der Waals surface area (Å²) in [7, 11) is 0. The molecule has 3 aromatic rings. The second-order valence-corrected chi connectivity index (χ2v) is 9.99. The number of amides is 2. The van der Waals surface area contributed by atoms with Gasteiger partial charge in [0, 0.05) is 35.2 Å². The molecule has 5 rings (SSSR count). The fraction of sp³-hybridized carbons (Fsp3) is 0.393. The van der Waals surface area contributed by atoms with Gasteiger partial charge in [-0.1, -0.05) is 42.3 Å². The van der Waals surface area contributed by atoms with Crippen molar-refractivity contribution in [3.8, 4) is 11.3 Å². The SMILES string of the molecule is O=C(NCCCN1CCCCC1)c1ccc(CN2C(=O)CCn3nc(-c4ccc(Cl)cc4)cc32)cc1. The van der Waals surface area contributed by atoms with Crippen LogP contribution in [-0.2, 0) is 17.9 Å². The van der Waals surface area contributed by atoms with Gasteiger partial charge in [-0.2, -0.15) is 5.10 Å². The number of halogens is 1. The number of anilines is 1. The minimum atomic E-state index is -0.0556. The fourth-order valence-electron chi connectivity index (χ4n) is 4.92. The van der Waals surface area contributed by atoms with Crippen LogP contribution in [0.2, 0.25) is 5.02 Å². The van der Waals surface area contributed by atoms with E-state index in [1.165, 1.54) is 32.4 Å². The molecule has 1 fully saturated rings. The van der Waals surface area contributed by atoms with Gasteiger partial charge in [-0.15, -0.1) is 0 Å². The lowest BCUT2D eigenvalue weighted by atomic mass is 10.1. The number of benzene rings is 2. The third-order valence-corrected chi connectivity index (χ3v) is 7.21. The Hall–Kier alpha value is -3.16. The van der Waals surface area contributed by atoms with Crippen molar-refractivity contribution >= 4 is 29.2 Å². The van der Waals surface area contributed by atoms with Gasteiger partial charge in [0.1, 0.15) is 5.82 Å². The minimum Gasteiger partial charge on any atom is -0.352 e. The van der Waals surface area contributed by atoms with Gasteiger partial charge in [-0.05, 0) is 68.7 Å². The molecular weight excluding hydrogens is 474 g/mol. The summed E-state index contributed by atoms with van der Waals surface area (Å²) in [5, 5.41) is 8.41. The van der Waals surface area contributed by atoms with Crippen molar-refractivity contribution in [1.29, 1.82) is 0 Å². The number of hydrogen-bond donors (Lipinski definition) is 1. The normalized spacial score (nSPS) is 16.1. The topological polar surface area (TPSA) is 70.5 Å². The van der Waals surface area contributed by atoms with Crippen LogP contribution in [-0.4, -0.2) is 52.7 Å². The molecule has 36 heavy (non-hydrogen) atoms. The Bertz CT molecular complexity index is 1200. The molecule has 8 heteroatoms. The van der Waals surface area contributed by atoms with Crippen molar-refractivity contribution in [1.82, 2.24) is 20.0 Å². The Balaban J connectivity index is 1.19. The zero-order chi connectivity index (χ0) is 24.9. The third-order valence-electron chi connectivity index (χ3n) is 6.96. The smallest absolute Gasteiger partial charge is 0.251 e. The molecule has 0 radical (unpaired) electrons. The van der Waals surface area contributed by atoms with E-state index >= 15 is 0 Å². The Morgan fingerprint density at radius 1 is 0.972 bits per heavy atom. The lowest BCUT2D eigenvalue weighted by Crippen LogP contribution is -2.37. The Morgan fingerprint density at radius 3 is 2.47 bits per heavy atom. The summed E-state index contributed by atoms with van der Waals surface area (Å²) in [6.07, 6.45) is 5.28. The Labute approximate surface area is 217 Å². The van der Waals surface area contributed by atoms with Gasteiger partial charge in [-0.25, -0.2) is 4.68 Å². The second-order valence-electron chi connectivity index (χ2n) is 9.56. The van der Waals surface area contributed by atoms with Crippen LogP contribution in [0.5, 0.6) is 0 Å². The maximum Gasteiger partial charge on any atom is 0.251 e. The summed E-state index contributed by atoms with van der Waals surface area (Å²) in [6.45, 7) is 5.08. The number of fused-ring (bicyclic) bond motifs is 1. The maximum atomic E-state index is 12.8. The molecule has 0 saturated carbocycles. The molecule has 0 spiro atoms. The van der Waals surface area contributed by atoms with Gasteiger partial charge in [0.2, 0.25) is 5.91 Å². The van der Waals surface area contributed by atoms with Crippen molar-refractivity contribution in [2.24, 2.45) is 0 Å². The molecule has 1 aromatic heterocycles. The van der Waals surface area contributed by atoms with E-state index in [0.717, 1.165) is 35.6 Å². The molecule has 0 aliphatic carbocycles. The predicted octanol–water partition coefficient (Wildman–Crippen LogP) is 4.75. The summed E-state index contributed by atoms with van der Waals surface area (Å²) >= 11 is 6.02. The van der Waals surface area contributed by atoms with E-state index in [2.05, 4.69) is 10.2 Å². The number of piperidine rings is 1. The quantitative estimate of drug-likeness (QED) is 0.449. The first-order chi connectivity index (χ1) is 17.6. The number of carbonyl (C=O) groups is 2. The molecule has 0 atom stereocenters. The first-order valence-corrected chi connectivity index (χ1v) is 13.2. The van der Waals surface area contributed by atoms with Crippen LogP contribution in [0.25, 0.3) is 11.3 Å². The molecule has 0 bridgehead atoms. The number of carbonyl (C=O) groups excluding carboxylic acids is 2. The van der Waals surface area contributed by atoms with E-state index in [4.69, 9.17) is 16.7 Å². The number of rotatable bonds is 8. The molecule has 0 unspecified atom stereocenters. The summed E-state index contributed by atoms with van der Waals surface area (Å²) in [5.41, 5.74) is 3.37. The number of nitrogens with zero attached hydrogens (tertiary/aromatic N) is 4. The second kappa shape index (κ2) is 11.3. The van der Waals surface area contributed by atoms with Gasteiger partial charge in [0.15, 0.2) is 0 Å². The van der Waals surface area contributed by atoms with Crippen molar-refractivity contribution in [3.05, 3.63) is 70.7 Å². The minimum absolute atomic E-state index is 0.0556. The number of aromatic nitrogens is 2. The number of aryl methyl sites for hydroxylation is 1. The van der Waals surface area contributed by atoms with Crippen molar-refractivity contribution in [2.45, 2.75) is 45.2 Å². The molecule has 3 heterocycles. The van der Waals surface area contributed by atoms with E-state index < -0.39 is 0 Å². The molecule has 2 amide bonds. The average molecular weight is 506 g/mol. The fourth-order valence-corrected chi connectivity index (χ4v) is 5.04. The molecule has 188 valence electrons. The van der Waals surface area contributed by atoms with E-state index in [0.29, 0.717) is 36.6 Å². The number of nitrogens with one attached hydrogen (secondary N) is 1. The molecule has 2 aromatic carbocycles. The van der Waals surface area contributed by atoms with Crippen LogP contribution in [0.15, 0.2) is 54.6 Å². The van der Waals surface area contributed by atoms with Crippen LogP contribution < -0.4 is 10.2 Å². The zero-order valence-electron chi connectivity index (χ0n) is 20.5. The van der Waals surface area contributed by atoms with Crippen molar-refractivity contribution in [2.75, 3.05) is 31.1 Å². The summed E-state index contributed by atoms with van der Waals surface area (Å²) in [4.78, 5) is 29.6. The van der Waals surface area contributed by atoms with Gasteiger partial charge >= 0.3 is 0 Å². The third kappa shape index (κ3) is 5.79. The van der Waals surface area contributed by atoms with Crippen LogP contribution in [0.1, 0.15) is 48.0 Å². The highest BCUT2D eigenvalue weighted by molar-refractivity contribution is 6.30. The molecule has 1 saturated heterocycles. The van der Waals surface area contributed by atoms with Crippen molar-refractivity contribution in [3.63, 3.8) is 0 Å². The van der Waals surface area contributed by atoms with Crippen LogP contribution in [0.3, 0.4) is 0 Å². The standard InChI is InChI=1S/C28H32ClN5O2/c29-24-11-9-22(10-12-24)25-19-26-33(27(35)13-18-34(26)31-25)20-21-5-7-23(8-6-21)28(36)30-14-4-17-32-15-2-1-3-16-32/h5-12,19H,1-4,13-18,20H2,(H,30,36). The van der Waals surface area contributed by atoms with Crippen LogP contribution >= 0.6 is 11.6 Å². The average Bonchev–Trinajstić information content (AvgIpc) is 3.34. The van der Waals surface area contributed by atoms with Gasteiger partial charge in [0.05, 0.1) is 18.8 Å². The summed E-state index contributed by atoms with van der Waals surface area (Å²) in [5.74, 6) is 0.798. The highest BCUT2D eigenvalue weighted by Crippen LogP contribution is 2.30. The monoisotopic (exact) mass is 505 g/mol. The van der Waals surface area contributed by atoms with Crippen molar-refractivity contribution < 1.29 is 9.59 Å². The van der Waals surface area contributed by atoms with E-state index in [9.17, 15) is 9.59 Å². The molecule has 7 nitrogen and oxygen atoms in total. The zero-order valence-corrected chi connectivity index (χ0v) is 21.2. The molecule has 2 aliphatic heterocycles. The van der Waals surface area contributed by atoms with E-state index in [1.54, 1.807) is 4.90 Å². The molecular formula is C28H32ClN5O2. The summed E-state index contributed by atoms with van der Waals surface area (Å²) in [6, 6.07) is 17.0. The van der Waals surface area contributed by atoms with Gasteiger partial charge < -0.3 is 10.2 Å². The number of hydrogen-bond acceptors (Lipinski definition) is 4. The largest absolute Gasteiger partial charge is 0.352 e. The molecule has 2 aliphatic rings. The van der Waals surface area contributed by atoms with Gasteiger partial charge in [-0.3, -0.25) is 14.5 Å². The maximum absolute atomic E-state index is 12.8. The first-order valence-electron chi connectivity index (χ1n) is 12.8. The first kappa shape index (κ1) is 24.5. The Morgan fingerprint density at radius 2 is 1.72 bits per heavy atom. The number of likely N-dealkylation sites (tertiary alicyclic amines) is 1. The summed E-state index contributed by atoms with van der Waals surface area (Å²) < 4.78 is 1.89. The highest BCUT2D eigenvalue weighted by Gasteiger charge is 2.26. The van der Waals surface area contributed by atoms with Crippen LogP contribution in [0, 0.1) is 0 Å². The highest BCUT2D eigenvalue weighted by atomic mass is 35.5. The Kier molecular flexibility index (Phi) is 7.68. The van der Waals surface area contributed by atoms with E-state index in [-0.39, 0.29) is 11.8 Å². The van der Waals surface area contributed by atoms with E-state index in [1.807, 2.05) is 59.3 Å². The lowest BCUT2D eigenvalue weighted by Gasteiger charge is -2.27. The molecule has 1 N–H and O–H groups in total. The van der Waals surface area contributed by atoms with Crippen LogP contribution in [0.4, 0.5) is 5.82 Å². The predicted molar refractivity (Wildman–Crippen MR) is 142 cm³/mol.